The molecule has 1 aliphatic rings. The molecule has 1 fully saturated rings. The third-order valence-electron chi connectivity index (χ3n) is 3.66. The Labute approximate surface area is 114 Å². The minimum absolute atomic E-state index is 0.00769. The molecule has 0 aromatic heterocycles. The maximum absolute atomic E-state index is 12.2. The van der Waals surface area contributed by atoms with Crippen molar-refractivity contribution in [3.05, 3.63) is 35.4 Å². The number of nitrogens with zero attached hydrogens (tertiary/aromatic N) is 1. The Morgan fingerprint density at radius 2 is 2.00 bits per heavy atom. The first-order valence-corrected chi connectivity index (χ1v) is 7.06. The second-order valence-electron chi connectivity index (χ2n) is 5.20. The molecule has 3 nitrogen and oxygen atoms in total. The first kappa shape index (κ1) is 13.6. The zero-order chi connectivity index (χ0) is 13.5. The summed E-state index contributed by atoms with van der Waals surface area (Å²) in [5.41, 5.74) is 1.56. The smallest absolute Gasteiger partial charge is 0.251 e. The Balaban J connectivity index is 1.98. The Morgan fingerprint density at radius 3 is 2.68 bits per heavy atom. The molecule has 0 unspecified atom stereocenters. The first-order chi connectivity index (χ1) is 9.29. The summed E-state index contributed by atoms with van der Waals surface area (Å²) < 4.78 is 0. The van der Waals surface area contributed by atoms with Crippen LogP contribution in [0.2, 0.25) is 0 Å². The highest BCUT2D eigenvalue weighted by atomic mass is 16.1. The number of nitriles is 1. The summed E-state index contributed by atoms with van der Waals surface area (Å²) in [4.78, 5) is 12.2. The number of carbonyl (C=O) groups excluding carboxylic acids is 1. The predicted molar refractivity (Wildman–Crippen MR) is 74.7 cm³/mol. The fourth-order valence-corrected chi connectivity index (χ4v) is 2.61. The number of nitrogens with one attached hydrogen (secondary N) is 1. The lowest BCUT2D eigenvalue weighted by atomic mass is 10.1. The number of rotatable bonds is 3. The molecule has 1 aromatic rings. The summed E-state index contributed by atoms with van der Waals surface area (Å²) in [5, 5.41) is 11.8. The lowest BCUT2D eigenvalue weighted by Gasteiger charge is -2.16. The van der Waals surface area contributed by atoms with Gasteiger partial charge in [-0.25, -0.2) is 0 Å². The molecule has 100 valence electrons. The van der Waals surface area contributed by atoms with Crippen LogP contribution in [-0.4, -0.2) is 11.9 Å². The van der Waals surface area contributed by atoms with E-state index in [9.17, 15) is 4.79 Å². The number of carbonyl (C=O) groups is 1. The maximum atomic E-state index is 12.2. The van der Waals surface area contributed by atoms with E-state index in [1.165, 1.54) is 25.7 Å². The largest absolute Gasteiger partial charge is 0.349 e. The Morgan fingerprint density at radius 1 is 1.26 bits per heavy atom. The molecule has 0 saturated heterocycles. The van der Waals surface area contributed by atoms with Gasteiger partial charge in [0.2, 0.25) is 0 Å². The van der Waals surface area contributed by atoms with Gasteiger partial charge < -0.3 is 5.32 Å². The summed E-state index contributed by atoms with van der Waals surface area (Å²) in [7, 11) is 0. The van der Waals surface area contributed by atoms with E-state index in [-0.39, 0.29) is 5.91 Å². The monoisotopic (exact) mass is 256 g/mol. The number of hydrogen-bond acceptors (Lipinski definition) is 2. The summed E-state index contributed by atoms with van der Waals surface area (Å²) in [6.45, 7) is 0. The third-order valence-corrected chi connectivity index (χ3v) is 3.66. The highest BCUT2D eigenvalue weighted by Crippen LogP contribution is 2.17. The second-order valence-corrected chi connectivity index (χ2v) is 5.20. The molecular formula is C16H20N2O. The van der Waals surface area contributed by atoms with Gasteiger partial charge in [0.1, 0.15) is 0 Å². The van der Waals surface area contributed by atoms with Crippen LogP contribution in [0.15, 0.2) is 24.3 Å². The van der Waals surface area contributed by atoms with Gasteiger partial charge in [0, 0.05) is 11.6 Å². The molecular weight excluding hydrogens is 236 g/mol. The Bertz CT molecular complexity index is 468. The average Bonchev–Trinajstić information content (AvgIpc) is 2.68. The molecule has 0 heterocycles. The van der Waals surface area contributed by atoms with Gasteiger partial charge in [-0.05, 0) is 30.5 Å². The minimum atomic E-state index is -0.00769. The van der Waals surface area contributed by atoms with Gasteiger partial charge in [0.05, 0.1) is 12.5 Å². The topological polar surface area (TPSA) is 52.9 Å². The predicted octanol–water partition coefficient (Wildman–Crippen LogP) is 3.21. The second kappa shape index (κ2) is 6.94. The highest BCUT2D eigenvalue weighted by Gasteiger charge is 2.15. The van der Waals surface area contributed by atoms with Crippen LogP contribution in [0.3, 0.4) is 0 Å². The van der Waals surface area contributed by atoms with Crippen molar-refractivity contribution in [1.29, 1.82) is 5.26 Å². The van der Waals surface area contributed by atoms with Crippen LogP contribution in [0.5, 0.6) is 0 Å². The van der Waals surface area contributed by atoms with Crippen molar-refractivity contribution in [2.24, 2.45) is 0 Å². The quantitative estimate of drug-likeness (QED) is 0.844. The number of hydrogen-bond donors (Lipinski definition) is 1. The normalized spacial score (nSPS) is 16.4. The van der Waals surface area contributed by atoms with E-state index in [2.05, 4.69) is 11.4 Å². The third kappa shape index (κ3) is 4.10. The van der Waals surface area contributed by atoms with Gasteiger partial charge in [-0.2, -0.15) is 5.26 Å². The SMILES string of the molecule is N#CCc1cccc(C(=O)NC2CCCCCC2)c1. The van der Waals surface area contributed by atoms with Crippen LogP contribution in [0.4, 0.5) is 0 Å². The van der Waals surface area contributed by atoms with Crippen LogP contribution < -0.4 is 5.32 Å². The zero-order valence-electron chi connectivity index (χ0n) is 11.2. The van der Waals surface area contributed by atoms with Gasteiger partial charge >= 0.3 is 0 Å². The molecule has 1 aromatic carbocycles. The fraction of sp³-hybridized carbons (Fsp3) is 0.500. The Kier molecular flexibility index (Phi) is 4.97. The van der Waals surface area contributed by atoms with Crippen LogP contribution in [-0.2, 0) is 6.42 Å². The zero-order valence-corrected chi connectivity index (χ0v) is 11.2. The van der Waals surface area contributed by atoms with Gasteiger partial charge in [-0.3, -0.25) is 4.79 Å². The van der Waals surface area contributed by atoms with E-state index >= 15 is 0 Å². The molecule has 0 radical (unpaired) electrons. The standard InChI is InChI=1S/C16H20N2O/c17-11-10-13-6-5-7-14(12-13)16(19)18-15-8-3-1-2-4-9-15/h5-7,12,15H,1-4,8-10H2,(H,18,19). The van der Waals surface area contributed by atoms with Gasteiger partial charge in [0.15, 0.2) is 0 Å². The van der Waals surface area contributed by atoms with Crippen molar-refractivity contribution in [3.63, 3.8) is 0 Å². The molecule has 3 heteroatoms. The fourth-order valence-electron chi connectivity index (χ4n) is 2.61. The van der Waals surface area contributed by atoms with E-state index < -0.39 is 0 Å². The van der Waals surface area contributed by atoms with Gasteiger partial charge in [-0.1, -0.05) is 37.8 Å². The number of amides is 1. The summed E-state index contributed by atoms with van der Waals surface area (Å²) in [6.07, 6.45) is 7.50. The molecule has 1 aliphatic carbocycles. The van der Waals surface area contributed by atoms with E-state index in [1.54, 1.807) is 0 Å². The first-order valence-electron chi connectivity index (χ1n) is 7.06. The van der Waals surface area contributed by atoms with Crippen molar-refractivity contribution in [1.82, 2.24) is 5.32 Å². The van der Waals surface area contributed by atoms with E-state index in [0.29, 0.717) is 18.0 Å². The minimum Gasteiger partial charge on any atom is -0.349 e. The van der Waals surface area contributed by atoms with Crippen LogP contribution in [0.1, 0.15) is 54.4 Å². The van der Waals surface area contributed by atoms with Crippen molar-refractivity contribution in [2.45, 2.75) is 51.0 Å². The Hall–Kier alpha value is -1.82. The molecule has 1 amide bonds. The number of benzene rings is 1. The van der Waals surface area contributed by atoms with Gasteiger partial charge in [0.25, 0.3) is 5.91 Å². The lowest BCUT2D eigenvalue weighted by molar-refractivity contribution is 0.0933. The molecule has 0 atom stereocenters. The van der Waals surface area contributed by atoms with Crippen molar-refractivity contribution >= 4 is 5.91 Å². The molecule has 1 saturated carbocycles. The van der Waals surface area contributed by atoms with Gasteiger partial charge in [-0.15, -0.1) is 0 Å². The van der Waals surface area contributed by atoms with E-state index in [1.807, 2.05) is 24.3 Å². The van der Waals surface area contributed by atoms with Crippen LogP contribution >= 0.6 is 0 Å². The molecule has 0 aliphatic heterocycles. The molecule has 1 N–H and O–H groups in total. The van der Waals surface area contributed by atoms with Crippen LogP contribution in [0, 0.1) is 11.3 Å². The molecule has 0 spiro atoms. The van der Waals surface area contributed by atoms with Crippen molar-refractivity contribution in [3.8, 4) is 6.07 Å². The average molecular weight is 256 g/mol. The van der Waals surface area contributed by atoms with E-state index in [0.717, 1.165) is 18.4 Å². The van der Waals surface area contributed by atoms with Crippen molar-refractivity contribution in [2.75, 3.05) is 0 Å². The van der Waals surface area contributed by atoms with Crippen molar-refractivity contribution < 1.29 is 4.79 Å². The summed E-state index contributed by atoms with van der Waals surface area (Å²) in [5.74, 6) is -0.00769. The van der Waals surface area contributed by atoms with Crippen LogP contribution in [0.25, 0.3) is 0 Å². The molecule has 0 bridgehead atoms. The molecule has 2 rings (SSSR count). The maximum Gasteiger partial charge on any atom is 0.251 e. The summed E-state index contributed by atoms with van der Waals surface area (Å²) in [6, 6.07) is 9.77. The lowest BCUT2D eigenvalue weighted by Crippen LogP contribution is -2.34. The highest BCUT2D eigenvalue weighted by molar-refractivity contribution is 5.94. The van der Waals surface area contributed by atoms with E-state index in [4.69, 9.17) is 5.26 Å². The summed E-state index contributed by atoms with van der Waals surface area (Å²) >= 11 is 0. The molecule has 19 heavy (non-hydrogen) atoms.